The quantitative estimate of drug-likeness (QED) is 0.589. The van der Waals surface area contributed by atoms with E-state index in [2.05, 4.69) is 4.98 Å². The van der Waals surface area contributed by atoms with Crippen LogP contribution in [0.3, 0.4) is 0 Å². The minimum atomic E-state index is -2.83. The number of nitrogens with zero attached hydrogens (tertiary/aromatic N) is 1. The van der Waals surface area contributed by atoms with E-state index in [0.717, 1.165) is 12.1 Å². The number of pyridine rings is 1. The van der Waals surface area contributed by atoms with Gasteiger partial charge in [0.25, 0.3) is 6.43 Å². The summed E-state index contributed by atoms with van der Waals surface area (Å²) < 4.78 is 49.0. The Morgan fingerprint density at radius 1 is 1.33 bits per heavy atom. The van der Waals surface area contributed by atoms with Gasteiger partial charge in [-0.1, -0.05) is 0 Å². The fraction of sp³-hybridized carbons (Fsp3) is 0.188. The molecule has 0 bridgehead atoms. The summed E-state index contributed by atoms with van der Waals surface area (Å²) in [5.41, 5.74) is -0.838. The Morgan fingerprint density at radius 3 is 2.67 bits per heavy atom. The Morgan fingerprint density at radius 2 is 2.08 bits per heavy atom. The van der Waals surface area contributed by atoms with Crippen LogP contribution in [0.5, 0.6) is 11.6 Å². The zero-order valence-corrected chi connectivity index (χ0v) is 12.5. The lowest BCUT2D eigenvalue weighted by Crippen LogP contribution is -2.11. The molecular formula is C16H12F3NO4. The van der Waals surface area contributed by atoms with E-state index in [1.165, 1.54) is 12.3 Å². The summed E-state index contributed by atoms with van der Waals surface area (Å²) in [5, 5.41) is 0. The lowest BCUT2D eigenvalue weighted by Gasteiger charge is -2.12. The number of carbonyl (C=O) groups is 2. The first-order chi connectivity index (χ1) is 11.5. The van der Waals surface area contributed by atoms with Crippen molar-refractivity contribution < 1.29 is 32.2 Å². The predicted molar refractivity (Wildman–Crippen MR) is 77.0 cm³/mol. The second-order valence-corrected chi connectivity index (χ2v) is 4.51. The van der Waals surface area contributed by atoms with Crippen molar-refractivity contribution in [1.29, 1.82) is 0 Å². The van der Waals surface area contributed by atoms with Crippen molar-refractivity contribution in [1.82, 2.24) is 4.98 Å². The van der Waals surface area contributed by atoms with Gasteiger partial charge in [-0.05, 0) is 31.2 Å². The number of ether oxygens (including phenoxy) is 2. The van der Waals surface area contributed by atoms with Gasteiger partial charge < -0.3 is 9.47 Å². The van der Waals surface area contributed by atoms with Gasteiger partial charge in [-0.2, -0.15) is 0 Å². The SMILES string of the molecule is CCOC(=O)c1c(C=O)ccnc1Oc1ccc(C(F)F)cc1F. The average Bonchev–Trinajstić information content (AvgIpc) is 2.56. The molecule has 0 spiro atoms. The van der Waals surface area contributed by atoms with Gasteiger partial charge in [0.05, 0.1) is 6.61 Å². The van der Waals surface area contributed by atoms with Crippen molar-refractivity contribution in [2.24, 2.45) is 0 Å². The van der Waals surface area contributed by atoms with Crippen molar-refractivity contribution in [3.63, 3.8) is 0 Å². The van der Waals surface area contributed by atoms with Crippen LogP contribution in [0, 0.1) is 5.82 Å². The summed E-state index contributed by atoms with van der Waals surface area (Å²) in [7, 11) is 0. The van der Waals surface area contributed by atoms with Gasteiger partial charge in [0.2, 0.25) is 5.88 Å². The monoisotopic (exact) mass is 339 g/mol. The molecule has 0 amide bonds. The van der Waals surface area contributed by atoms with E-state index in [1.807, 2.05) is 0 Å². The van der Waals surface area contributed by atoms with Crippen molar-refractivity contribution in [2.45, 2.75) is 13.3 Å². The first-order valence-corrected chi connectivity index (χ1v) is 6.84. The van der Waals surface area contributed by atoms with Crippen LogP contribution < -0.4 is 4.74 Å². The molecule has 24 heavy (non-hydrogen) atoms. The molecule has 8 heteroatoms. The summed E-state index contributed by atoms with van der Waals surface area (Å²) in [6, 6.07) is 3.85. The third kappa shape index (κ3) is 3.70. The van der Waals surface area contributed by atoms with Gasteiger partial charge in [0.1, 0.15) is 5.56 Å². The Hall–Kier alpha value is -2.90. The minimum absolute atomic E-state index is 0.0446. The van der Waals surface area contributed by atoms with E-state index in [9.17, 15) is 22.8 Å². The number of alkyl halides is 2. The topological polar surface area (TPSA) is 65.5 Å². The second-order valence-electron chi connectivity index (χ2n) is 4.51. The molecule has 0 saturated heterocycles. The summed E-state index contributed by atoms with van der Waals surface area (Å²) >= 11 is 0. The molecule has 0 unspecified atom stereocenters. The van der Waals surface area contributed by atoms with Crippen LogP contribution in [-0.4, -0.2) is 23.8 Å². The van der Waals surface area contributed by atoms with E-state index in [0.29, 0.717) is 12.4 Å². The molecule has 1 heterocycles. The number of aromatic nitrogens is 1. The molecule has 1 aromatic heterocycles. The Kier molecular flexibility index (Phi) is 5.51. The van der Waals surface area contributed by atoms with Gasteiger partial charge >= 0.3 is 5.97 Å². The predicted octanol–water partition coefficient (Wildman–Crippen LogP) is 3.94. The third-order valence-corrected chi connectivity index (χ3v) is 2.97. The molecule has 0 aliphatic heterocycles. The largest absolute Gasteiger partial charge is 0.462 e. The maximum absolute atomic E-state index is 13.9. The Balaban J connectivity index is 2.43. The molecule has 0 atom stereocenters. The van der Waals surface area contributed by atoms with Gasteiger partial charge in [0, 0.05) is 17.3 Å². The molecule has 0 aliphatic rings. The van der Waals surface area contributed by atoms with E-state index in [4.69, 9.17) is 9.47 Å². The molecular weight excluding hydrogens is 327 g/mol. The fourth-order valence-corrected chi connectivity index (χ4v) is 1.88. The lowest BCUT2D eigenvalue weighted by molar-refractivity contribution is 0.0520. The van der Waals surface area contributed by atoms with Crippen LogP contribution in [0.4, 0.5) is 13.2 Å². The number of aldehydes is 1. The maximum Gasteiger partial charge on any atom is 0.344 e. The number of carbonyl (C=O) groups excluding carboxylic acids is 2. The van der Waals surface area contributed by atoms with Gasteiger partial charge in [-0.15, -0.1) is 0 Å². The van der Waals surface area contributed by atoms with Crippen LogP contribution in [0.15, 0.2) is 30.5 Å². The van der Waals surface area contributed by atoms with Gasteiger partial charge in [0.15, 0.2) is 17.9 Å². The number of rotatable bonds is 6. The van der Waals surface area contributed by atoms with Crippen LogP contribution in [0.2, 0.25) is 0 Å². The number of halogens is 3. The molecule has 0 aliphatic carbocycles. The second kappa shape index (κ2) is 7.58. The highest BCUT2D eigenvalue weighted by Gasteiger charge is 2.22. The standard InChI is InChI=1S/C16H12F3NO4/c1-2-23-16(22)13-10(8-21)5-6-20-15(13)24-12-4-3-9(14(18)19)7-11(12)17/h3-8,14H,2H2,1H3. The van der Waals surface area contributed by atoms with Crippen LogP contribution in [0.1, 0.15) is 39.6 Å². The maximum atomic E-state index is 13.9. The number of hydrogen-bond acceptors (Lipinski definition) is 5. The lowest BCUT2D eigenvalue weighted by atomic mass is 10.1. The number of hydrogen-bond donors (Lipinski definition) is 0. The molecule has 0 saturated carbocycles. The van der Waals surface area contributed by atoms with Crippen molar-refractivity contribution >= 4 is 12.3 Å². The molecule has 2 aromatic rings. The van der Waals surface area contributed by atoms with Crippen LogP contribution in [-0.2, 0) is 4.74 Å². The summed E-state index contributed by atoms with van der Waals surface area (Å²) in [6.07, 6.45) is -1.25. The third-order valence-electron chi connectivity index (χ3n) is 2.97. The minimum Gasteiger partial charge on any atom is -0.462 e. The zero-order chi connectivity index (χ0) is 17.7. The van der Waals surface area contributed by atoms with Crippen LogP contribution >= 0.6 is 0 Å². The fourth-order valence-electron chi connectivity index (χ4n) is 1.88. The van der Waals surface area contributed by atoms with Crippen molar-refractivity contribution in [3.8, 4) is 11.6 Å². The summed E-state index contributed by atoms with van der Waals surface area (Å²) in [4.78, 5) is 26.8. The normalized spacial score (nSPS) is 10.5. The van der Waals surface area contributed by atoms with Gasteiger partial charge in [-0.3, -0.25) is 4.79 Å². The molecule has 0 radical (unpaired) electrons. The highest BCUT2D eigenvalue weighted by molar-refractivity contribution is 6.00. The number of benzene rings is 1. The van der Waals surface area contributed by atoms with Crippen molar-refractivity contribution in [3.05, 3.63) is 53.0 Å². The van der Waals surface area contributed by atoms with Gasteiger partial charge in [-0.25, -0.2) is 22.9 Å². The van der Waals surface area contributed by atoms with E-state index in [-0.39, 0.29) is 23.6 Å². The van der Waals surface area contributed by atoms with Crippen LogP contribution in [0.25, 0.3) is 0 Å². The summed E-state index contributed by atoms with van der Waals surface area (Å²) in [6.45, 7) is 1.61. The Bertz CT molecular complexity index is 765. The molecule has 0 fully saturated rings. The van der Waals surface area contributed by atoms with E-state index < -0.39 is 29.5 Å². The number of esters is 1. The van der Waals surface area contributed by atoms with E-state index >= 15 is 0 Å². The Labute approximate surface area is 135 Å². The summed E-state index contributed by atoms with van der Waals surface area (Å²) in [5.74, 6) is -2.70. The van der Waals surface area contributed by atoms with E-state index in [1.54, 1.807) is 6.92 Å². The van der Waals surface area contributed by atoms with Crippen molar-refractivity contribution in [2.75, 3.05) is 6.61 Å². The zero-order valence-electron chi connectivity index (χ0n) is 12.5. The highest BCUT2D eigenvalue weighted by atomic mass is 19.3. The molecule has 1 aromatic carbocycles. The molecule has 0 N–H and O–H groups in total. The molecule has 2 rings (SSSR count). The average molecular weight is 339 g/mol. The first-order valence-electron chi connectivity index (χ1n) is 6.84. The first kappa shape index (κ1) is 17.5. The highest BCUT2D eigenvalue weighted by Crippen LogP contribution is 2.30. The smallest absolute Gasteiger partial charge is 0.344 e. The molecule has 5 nitrogen and oxygen atoms in total. The molecule has 126 valence electrons.